The molecule has 3 rings (SSSR count). The number of carbonyl (C=O) groups is 2. The van der Waals surface area contributed by atoms with Gasteiger partial charge >= 0.3 is 5.97 Å². The second-order valence-electron chi connectivity index (χ2n) is 6.73. The molecule has 7 heteroatoms. The number of ether oxygens (including phenoxy) is 2. The summed E-state index contributed by atoms with van der Waals surface area (Å²) in [5.41, 5.74) is 2.88. The van der Waals surface area contributed by atoms with E-state index in [1.807, 2.05) is 48.5 Å². The predicted octanol–water partition coefficient (Wildman–Crippen LogP) is 5.18. The number of hydrogen-bond donors (Lipinski definition) is 1. The van der Waals surface area contributed by atoms with Gasteiger partial charge in [-0.2, -0.15) is 5.26 Å². The molecule has 6 nitrogen and oxygen atoms in total. The van der Waals surface area contributed by atoms with Gasteiger partial charge in [0.2, 0.25) is 0 Å². The van der Waals surface area contributed by atoms with Gasteiger partial charge < -0.3 is 14.8 Å². The number of thiophene rings is 1. The van der Waals surface area contributed by atoms with Crippen LogP contribution in [0, 0.1) is 18.3 Å². The van der Waals surface area contributed by atoms with E-state index in [9.17, 15) is 14.9 Å². The summed E-state index contributed by atoms with van der Waals surface area (Å²) in [4.78, 5) is 25.0. The van der Waals surface area contributed by atoms with E-state index in [2.05, 4.69) is 5.32 Å². The molecule has 0 fully saturated rings. The van der Waals surface area contributed by atoms with Gasteiger partial charge in [-0.25, -0.2) is 4.79 Å². The van der Waals surface area contributed by atoms with Crippen molar-refractivity contribution in [3.63, 3.8) is 0 Å². The molecule has 0 aliphatic rings. The molecule has 0 aliphatic carbocycles. The lowest BCUT2D eigenvalue weighted by atomic mass is 10.1. The van der Waals surface area contributed by atoms with Crippen molar-refractivity contribution in [1.29, 1.82) is 5.26 Å². The molecule has 1 N–H and O–H groups in total. The van der Waals surface area contributed by atoms with Crippen molar-refractivity contribution in [2.45, 2.75) is 26.9 Å². The van der Waals surface area contributed by atoms with Crippen molar-refractivity contribution in [1.82, 2.24) is 0 Å². The van der Waals surface area contributed by atoms with E-state index in [-0.39, 0.29) is 12.2 Å². The molecule has 0 unspecified atom stereocenters. The lowest BCUT2D eigenvalue weighted by molar-refractivity contribution is -0.122. The molecule has 1 amide bonds. The molecule has 0 saturated carbocycles. The zero-order chi connectivity index (χ0) is 22.4. The summed E-state index contributed by atoms with van der Waals surface area (Å²) in [7, 11) is 0. The van der Waals surface area contributed by atoms with E-state index in [1.165, 1.54) is 0 Å². The lowest BCUT2D eigenvalue weighted by Crippen LogP contribution is -2.30. The summed E-state index contributed by atoms with van der Waals surface area (Å²) in [6.45, 7) is 5.22. The molecule has 0 spiro atoms. The molecule has 3 aromatic rings. The van der Waals surface area contributed by atoms with Crippen LogP contribution >= 0.6 is 11.3 Å². The average Bonchev–Trinajstić information content (AvgIpc) is 3.10. The van der Waals surface area contributed by atoms with Gasteiger partial charge in [0.1, 0.15) is 21.7 Å². The van der Waals surface area contributed by atoms with Crippen molar-refractivity contribution in [3.05, 3.63) is 70.6 Å². The Hall–Kier alpha value is -3.63. The Morgan fingerprint density at radius 3 is 2.35 bits per heavy atom. The molecule has 31 heavy (non-hydrogen) atoms. The van der Waals surface area contributed by atoms with E-state index in [0.29, 0.717) is 21.2 Å². The molecule has 158 valence electrons. The molecular weight excluding hydrogens is 412 g/mol. The first kappa shape index (κ1) is 22.1. The van der Waals surface area contributed by atoms with E-state index in [4.69, 9.17) is 9.47 Å². The van der Waals surface area contributed by atoms with Crippen LogP contribution < -0.4 is 10.1 Å². The molecule has 1 heterocycles. The molecule has 0 radical (unpaired) electrons. The highest BCUT2D eigenvalue weighted by molar-refractivity contribution is 7.18. The Balaban J connectivity index is 1.69. The first-order chi connectivity index (χ1) is 14.9. The van der Waals surface area contributed by atoms with Crippen molar-refractivity contribution in [2.75, 3.05) is 11.9 Å². The van der Waals surface area contributed by atoms with Crippen molar-refractivity contribution >= 4 is 28.2 Å². The monoisotopic (exact) mass is 434 g/mol. The third-order valence-electron chi connectivity index (χ3n) is 4.60. The number of benzene rings is 2. The van der Waals surface area contributed by atoms with Crippen molar-refractivity contribution in [2.24, 2.45) is 0 Å². The summed E-state index contributed by atoms with van der Waals surface area (Å²) in [5.74, 6) is -0.373. The van der Waals surface area contributed by atoms with Crippen LogP contribution in [0.5, 0.6) is 5.75 Å². The molecule has 0 saturated heterocycles. The first-order valence-electron chi connectivity index (χ1n) is 9.78. The maximum atomic E-state index is 12.6. The highest BCUT2D eigenvalue weighted by Crippen LogP contribution is 2.33. The smallest absolute Gasteiger partial charge is 0.348 e. The Bertz CT molecular complexity index is 1110. The van der Waals surface area contributed by atoms with Gasteiger partial charge in [-0.05, 0) is 49.6 Å². The SMILES string of the molecule is CCOC(=O)c1sc(NC(=O)[C@H](C)Oc2ccc(-c3ccccc3)cc2)c(C#N)c1C. The highest BCUT2D eigenvalue weighted by Gasteiger charge is 2.24. The third-order valence-corrected chi connectivity index (χ3v) is 5.79. The number of nitriles is 1. The van der Waals surface area contributed by atoms with Crippen LogP contribution in [0.1, 0.15) is 34.6 Å². The Kier molecular flexibility index (Phi) is 7.06. The summed E-state index contributed by atoms with van der Waals surface area (Å²) >= 11 is 1.03. The summed E-state index contributed by atoms with van der Waals surface area (Å²) in [6.07, 6.45) is -0.803. The molecule has 1 atom stereocenters. The van der Waals surface area contributed by atoms with Crippen LogP contribution in [0.2, 0.25) is 0 Å². The van der Waals surface area contributed by atoms with Crippen LogP contribution in [0.4, 0.5) is 5.00 Å². The fraction of sp³-hybridized carbons (Fsp3) is 0.208. The first-order valence-corrected chi connectivity index (χ1v) is 10.6. The quantitative estimate of drug-likeness (QED) is 0.518. The number of carbonyl (C=O) groups excluding carboxylic acids is 2. The topological polar surface area (TPSA) is 88.4 Å². The molecule has 1 aromatic heterocycles. The number of esters is 1. The fourth-order valence-corrected chi connectivity index (χ4v) is 4.01. The second kappa shape index (κ2) is 9.92. The van der Waals surface area contributed by atoms with Crippen molar-refractivity contribution in [3.8, 4) is 22.9 Å². The van der Waals surface area contributed by atoms with Crippen LogP contribution in [0.15, 0.2) is 54.6 Å². The maximum Gasteiger partial charge on any atom is 0.348 e. The molecular formula is C24H22N2O4S. The van der Waals surface area contributed by atoms with Crippen LogP contribution in [-0.2, 0) is 9.53 Å². The van der Waals surface area contributed by atoms with Gasteiger partial charge in [0, 0.05) is 0 Å². The number of nitrogens with one attached hydrogen (secondary N) is 1. The van der Waals surface area contributed by atoms with Gasteiger partial charge in [-0.15, -0.1) is 11.3 Å². The number of hydrogen-bond acceptors (Lipinski definition) is 6. The minimum absolute atomic E-state index is 0.230. The van der Waals surface area contributed by atoms with Gasteiger partial charge in [-0.1, -0.05) is 42.5 Å². The van der Waals surface area contributed by atoms with E-state index in [0.717, 1.165) is 22.5 Å². The summed E-state index contributed by atoms with van der Waals surface area (Å²) in [5, 5.41) is 12.5. The summed E-state index contributed by atoms with van der Waals surface area (Å²) < 4.78 is 10.8. The zero-order valence-corrected chi connectivity index (χ0v) is 18.3. The Morgan fingerprint density at radius 2 is 1.74 bits per heavy atom. The Labute approximate surface area is 185 Å². The van der Waals surface area contributed by atoms with Crippen LogP contribution in [-0.4, -0.2) is 24.6 Å². The largest absolute Gasteiger partial charge is 0.481 e. The average molecular weight is 435 g/mol. The minimum Gasteiger partial charge on any atom is -0.481 e. The third kappa shape index (κ3) is 5.11. The van der Waals surface area contributed by atoms with Crippen molar-refractivity contribution < 1.29 is 19.1 Å². The van der Waals surface area contributed by atoms with Gasteiger partial charge in [-0.3, -0.25) is 4.79 Å². The van der Waals surface area contributed by atoms with E-state index >= 15 is 0 Å². The highest BCUT2D eigenvalue weighted by atomic mass is 32.1. The molecule has 0 aliphatic heterocycles. The van der Waals surface area contributed by atoms with Gasteiger partial charge in [0.15, 0.2) is 6.10 Å². The Morgan fingerprint density at radius 1 is 1.10 bits per heavy atom. The minimum atomic E-state index is -0.803. The van der Waals surface area contributed by atoms with Gasteiger partial charge in [0.05, 0.1) is 12.2 Å². The lowest BCUT2D eigenvalue weighted by Gasteiger charge is -2.14. The second-order valence-corrected chi connectivity index (χ2v) is 7.75. The predicted molar refractivity (Wildman–Crippen MR) is 120 cm³/mol. The number of amides is 1. The van der Waals surface area contributed by atoms with E-state index < -0.39 is 18.0 Å². The van der Waals surface area contributed by atoms with Crippen LogP contribution in [0.25, 0.3) is 11.1 Å². The standard InChI is InChI=1S/C24H22N2O4S/c1-4-29-24(28)21-15(2)20(14-25)23(31-21)26-22(27)16(3)30-19-12-10-18(11-13-19)17-8-6-5-7-9-17/h5-13,16H,4H2,1-3H3,(H,26,27)/t16-/m0/s1. The van der Waals surface area contributed by atoms with E-state index in [1.54, 1.807) is 32.9 Å². The number of nitrogens with zero attached hydrogens (tertiary/aromatic N) is 1. The van der Waals surface area contributed by atoms with Crippen LogP contribution in [0.3, 0.4) is 0 Å². The molecule has 2 aromatic carbocycles. The number of rotatable bonds is 7. The zero-order valence-electron chi connectivity index (χ0n) is 17.5. The fourth-order valence-electron chi connectivity index (χ4n) is 2.96. The summed E-state index contributed by atoms with van der Waals surface area (Å²) in [6, 6.07) is 19.5. The molecule has 0 bridgehead atoms. The normalized spacial score (nSPS) is 11.3. The van der Waals surface area contributed by atoms with Gasteiger partial charge in [0.25, 0.3) is 5.91 Å². The number of anilines is 1. The maximum absolute atomic E-state index is 12.6.